The highest BCUT2D eigenvalue weighted by Crippen LogP contribution is 2.11. The third-order valence-corrected chi connectivity index (χ3v) is 2.13. The third kappa shape index (κ3) is 5.30. The van der Waals surface area contributed by atoms with E-state index in [-0.39, 0.29) is 18.3 Å². The van der Waals surface area contributed by atoms with E-state index in [1.54, 1.807) is 13.0 Å². The van der Waals surface area contributed by atoms with Crippen molar-refractivity contribution in [2.75, 3.05) is 11.9 Å². The molecule has 0 aliphatic heterocycles. The summed E-state index contributed by atoms with van der Waals surface area (Å²) in [4.78, 5) is 21.9. The lowest BCUT2D eigenvalue weighted by molar-refractivity contribution is -0.142. The summed E-state index contributed by atoms with van der Waals surface area (Å²) in [6.07, 6.45) is 3.86. The standard InChI is InChI=1S/C14H17NO3/c1-3-18-14(17)6-4-5-12-7-9-13(10-8-12)15-11(2)16/h4-5,7-10H,3,6H2,1-2H3,(H,15,16). The van der Waals surface area contributed by atoms with E-state index in [2.05, 4.69) is 5.32 Å². The van der Waals surface area contributed by atoms with E-state index in [1.807, 2.05) is 30.3 Å². The molecule has 0 aliphatic rings. The molecule has 0 heterocycles. The van der Waals surface area contributed by atoms with Gasteiger partial charge < -0.3 is 10.1 Å². The summed E-state index contributed by atoms with van der Waals surface area (Å²) < 4.78 is 4.81. The SMILES string of the molecule is CCOC(=O)CC=Cc1ccc(NC(C)=O)cc1. The number of hydrogen-bond donors (Lipinski definition) is 1. The Kier molecular flexibility index (Phi) is 5.64. The van der Waals surface area contributed by atoms with Crippen LogP contribution in [0.25, 0.3) is 6.08 Å². The predicted molar refractivity (Wildman–Crippen MR) is 71.0 cm³/mol. The summed E-state index contributed by atoms with van der Waals surface area (Å²) in [5.74, 6) is -0.329. The van der Waals surface area contributed by atoms with Crippen LogP contribution in [0.3, 0.4) is 0 Å². The van der Waals surface area contributed by atoms with Crippen LogP contribution in [-0.2, 0) is 14.3 Å². The number of esters is 1. The fourth-order valence-electron chi connectivity index (χ4n) is 1.39. The molecule has 1 amide bonds. The van der Waals surface area contributed by atoms with E-state index in [0.29, 0.717) is 6.61 Å². The van der Waals surface area contributed by atoms with Gasteiger partial charge in [0.05, 0.1) is 13.0 Å². The van der Waals surface area contributed by atoms with Crippen molar-refractivity contribution in [1.29, 1.82) is 0 Å². The minimum Gasteiger partial charge on any atom is -0.466 e. The second kappa shape index (κ2) is 7.27. The quantitative estimate of drug-likeness (QED) is 0.814. The Bertz CT molecular complexity index is 435. The highest BCUT2D eigenvalue weighted by atomic mass is 16.5. The van der Waals surface area contributed by atoms with Crippen molar-refractivity contribution in [3.05, 3.63) is 35.9 Å². The molecule has 0 fully saturated rings. The van der Waals surface area contributed by atoms with Crippen molar-refractivity contribution >= 4 is 23.6 Å². The van der Waals surface area contributed by atoms with Gasteiger partial charge in [0.1, 0.15) is 0 Å². The molecule has 0 radical (unpaired) electrons. The monoisotopic (exact) mass is 247 g/mol. The largest absolute Gasteiger partial charge is 0.466 e. The first-order chi connectivity index (χ1) is 8.61. The van der Waals surface area contributed by atoms with Crippen LogP contribution in [0.2, 0.25) is 0 Å². The summed E-state index contributed by atoms with van der Waals surface area (Å²) >= 11 is 0. The van der Waals surface area contributed by atoms with Crippen LogP contribution in [0.15, 0.2) is 30.3 Å². The summed E-state index contributed by atoms with van der Waals surface area (Å²) in [5.41, 5.74) is 1.72. The molecule has 1 rings (SSSR count). The lowest BCUT2D eigenvalue weighted by Crippen LogP contribution is -2.05. The smallest absolute Gasteiger partial charge is 0.309 e. The Morgan fingerprint density at radius 2 is 1.94 bits per heavy atom. The molecule has 1 N–H and O–H groups in total. The maximum Gasteiger partial charge on any atom is 0.309 e. The lowest BCUT2D eigenvalue weighted by Gasteiger charge is -2.01. The van der Waals surface area contributed by atoms with Gasteiger partial charge in [-0.15, -0.1) is 0 Å². The number of benzene rings is 1. The van der Waals surface area contributed by atoms with Gasteiger partial charge in [0, 0.05) is 12.6 Å². The van der Waals surface area contributed by atoms with Crippen molar-refractivity contribution in [2.24, 2.45) is 0 Å². The zero-order valence-electron chi connectivity index (χ0n) is 10.6. The number of ether oxygens (including phenoxy) is 1. The van der Waals surface area contributed by atoms with Gasteiger partial charge >= 0.3 is 5.97 Å². The fourth-order valence-corrected chi connectivity index (χ4v) is 1.39. The Morgan fingerprint density at radius 1 is 1.28 bits per heavy atom. The van der Waals surface area contributed by atoms with E-state index >= 15 is 0 Å². The Balaban J connectivity index is 2.50. The number of hydrogen-bond acceptors (Lipinski definition) is 3. The average Bonchev–Trinajstić information content (AvgIpc) is 2.31. The molecular formula is C14H17NO3. The van der Waals surface area contributed by atoms with Crippen molar-refractivity contribution in [1.82, 2.24) is 0 Å². The molecule has 0 saturated carbocycles. The molecule has 0 bridgehead atoms. The van der Waals surface area contributed by atoms with Crippen molar-refractivity contribution in [3.63, 3.8) is 0 Å². The molecule has 0 aliphatic carbocycles. The molecule has 0 saturated heterocycles. The van der Waals surface area contributed by atoms with Gasteiger partial charge in [0.25, 0.3) is 0 Å². The molecule has 1 aromatic rings. The van der Waals surface area contributed by atoms with Crippen molar-refractivity contribution in [2.45, 2.75) is 20.3 Å². The summed E-state index contributed by atoms with van der Waals surface area (Å²) in [6, 6.07) is 7.36. The maximum absolute atomic E-state index is 11.1. The van der Waals surface area contributed by atoms with Crippen LogP contribution >= 0.6 is 0 Å². The summed E-state index contributed by atoms with van der Waals surface area (Å²) in [6.45, 7) is 3.65. The minimum atomic E-state index is -0.233. The van der Waals surface area contributed by atoms with Gasteiger partial charge in [-0.3, -0.25) is 9.59 Å². The Hall–Kier alpha value is -2.10. The van der Waals surface area contributed by atoms with Crippen molar-refractivity contribution in [3.8, 4) is 0 Å². The molecule has 0 unspecified atom stereocenters. The van der Waals surface area contributed by atoms with Gasteiger partial charge in [-0.05, 0) is 24.6 Å². The Labute approximate surface area is 107 Å². The third-order valence-electron chi connectivity index (χ3n) is 2.13. The lowest BCUT2D eigenvalue weighted by atomic mass is 10.2. The van der Waals surface area contributed by atoms with Crippen LogP contribution in [0.1, 0.15) is 25.8 Å². The Morgan fingerprint density at radius 3 is 2.50 bits per heavy atom. The normalized spacial score (nSPS) is 10.3. The highest BCUT2D eigenvalue weighted by molar-refractivity contribution is 5.88. The molecule has 96 valence electrons. The van der Waals surface area contributed by atoms with Crippen LogP contribution in [-0.4, -0.2) is 18.5 Å². The zero-order chi connectivity index (χ0) is 13.4. The van der Waals surface area contributed by atoms with Crippen molar-refractivity contribution < 1.29 is 14.3 Å². The molecule has 18 heavy (non-hydrogen) atoms. The molecule has 0 spiro atoms. The average molecular weight is 247 g/mol. The number of rotatable bonds is 5. The van der Waals surface area contributed by atoms with E-state index in [1.165, 1.54) is 6.92 Å². The van der Waals surface area contributed by atoms with Crippen LogP contribution < -0.4 is 5.32 Å². The molecule has 4 heteroatoms. The predicted octanol–water partition coefficient (Wildman–Crippen LogP) is 2.61. The number of carbonyl (C=O) groups excluding carboxylic acids is 2. The van der Waals surface area contributed by atoms with E-state index in [0.717, 1.165) is 11.3 Å². The number of nitrogens with one attached hydrogen (secondary N) is 1. The first-order valence-corrected chi connectivity index (χ1v) is 5.81. The first-order valence-electron chi connectivity index (χ1n) is 5.81. The number of carbonyl (C=O) groups is 2. The van der Waals surface area contributed by atoms with E-state index < -0.39 is 0 Å². The maximum atomic E-state index is 11.1. The van der Waals surface area contributed by atoms with Crippen LogP contribution in [0.4, 0.5) is 5.69 Å². The van der Waals surface area contributed by atoms with E-state index in [4.69, 9.17) is 4.74 Å². The minimum absolute atomic E-state index is 0.0967. The molecule has 0 aromatic heterocycles. The fraction of sp³-hybridized carbons (Fsp3) is 0.286. The van der Waals surface area contributed by atoms with E-state index in [9.17, 15) is 9.59 Å². The molecule has 0 atom stereocenters. The van der Waals surface area contributed by atoms with Gasteiger partial charge in [-0.25, -0.2) is 0 Å². The summed E-state index contributed by atoms with van der Waals surface area (Å²) in [7, 11) is 0. The molecule has 4 nitrogen and oxygen atoms in total. The second-order valence-corrected chi connectivity index (χ2v) is 3.71. The topological polar surface area (TPSA) is 55.4 Å². The van der Waals surface area contributed by atoms with Crippen LogP contribution in [0.5, 0.6) is 0 Å². The zero-order valence-corrected chi connectivity index (χ0v) is 10.6. The highest BCUT2D eigenvalue weighted by Gasteiger charge is 1.97. The van der Waals surface area contributed by atoms with Crippen LogP contribution in [0, 0.1) is 0 Å². The molecule has 1 aromatic carbocycles. The second-order valence-electron chi connectivity index (χ2n) is 3.71. The van der Waals surface area contributed by atoms with Gasteiger partial charge in [-0.1, -0.05) is 24.3 Å². The number of amides is 1. The van der Waals surface area contributed by atoms with Gasteiger partial charge in [0.15, 0.2) is 0 Å². The first kappa shape index (κ1) is 14.0. The van der Waals surface area contributed by atoms with Gasteiger partial charge in [0.2, 0.25) is 5.91 Å². The number of anilines is 1. The summed E-state index contributed by atoms with van der Waals surface area (Å²) in [5, 5.41) is 2.69. The van der Waals surface area contributed by atoms with Gasteiger partial charge in [-0.2, -0.15) is 0 Å². The molecular weight excluding hydrogens is 230 g/mol.